The molecule has 2 heterocycles. The lowest BCUT2D eigenvalue weighted by Gasteiger charge is -2.40. The second kappa shape index (κ2) is 6.25. The molecule has 1 N–H and O–H groups in total. The summed E-state index contributed by atoms with van der Waals surface area (Å²) in [6, 6.07) is 17.5. The Morgan fingerprint density at radius 2 is 1.77 bits per heavy atom. The van der Waals surface area contributed by atoms with Crippen LogP contribution >= 0.6 is 15.9 Å². The van der Waals surface area contributed by atoms with Gasteiger partial charge in [0, 0.05) is 5.39 Å². The van der Waals surface area contributed by atoms with E-state index in [1.807, 2.05) is 68.4 Å². The summed E-state index contributed by atoms with van der Waals surface area (Å²) in [4.78, 5) is 12.9. The summed E-state index contributed by atoms with van der Waals surface area (Å²) in [6.07, 6.45) is -0.937. The Labute approximate surface area is 160 Å². The number of benzene rings is 2. The molecule has 4 nitrogen and oxygen atoms in total. The highest BCUT2D eigenvalue weighted by Crippen LogP contribution is 2.44. The van der Waals surface area contributed by atoms with Crippen molar-refractivity contribution >= 4 is 26.8 Å². The summed E-state index contributed by atoms with van der Waals surface area (Å²) in [5.41, 5.74) is 1.31. The molecule has 1 aromatic heterocycles. The number of rotatable bonds is 2. The first-order chi connectivity index (χ1) is 12.4. The minimum absolute atomic E-state index is 0.213. The van der Waals surface area contributed by atoms with Crippen LogP contribution in [0.15, 0.2) is 59.4 Å². The van der Waals surface area contributed by atoms with Gasteiger partial charge < -0.3 is 14.4 Å². The molecule has 1 aliphatic heterocycles. The molecule has 0 bridgehead atoms. The van der Waals surface area contributed by atoms with Crippen molar-refractivity contribution in [2.75, 3.05) is 0 Å². The van der Waals surface area contributed by atoms with E-state index >= 15 is 0 Å². The Morgan fingerprint density at radius 3 is 2.50 bits per heavy atom. The van der Waals surface area contributed by atoms with Crippen LogP contribution in [0.2, 0.25) is 0 Å². The summed E-state index contributed by atoms with van der Waals surface area (Å²) in [5, 5.41) is 11.7. The number of fused-ring (bicyclic) bond motifs is 3. The van der Waals surface area contributed by atoms with Gasteiger partial charge in [0.25, 0.3) is 5.56 Å². The zero-order valence-corrected chi connectivity index (χ0v) is 16.2. The molecule has 0 amide bonds. The van der Waals surface area contributed by atoms with Crippen LogP contribution in [-0.2, 0) is 6.54 Å². The number of halogens is 1. The van der Waals surface area contributed by atoms with Crippen LogP contribution in [0.5, 0.6) is 5.75 Å². The summed E-state index contributed by atoms with van der Waals surface area (Å²) in [5.74, 6) is 0.489. The number of aliphatic hydroxyl groups is 1. The molecule has 0 spiro atoms. The van der Waals surface area contributed by atoms with E-state index in [9.17, 15) is 9.90 Å². The molecule has 4 rings (SSSR count). The number of hydrogen-bond acceptors (Lipinski definition) is 3. The van der Waals surface area contributed by atoms with Crippen molar-refractivity contribution in [3.63, 3.8) is 0 Å². The van der Waals surface area contributed by atoms with E-state index in [0.717, 1.165) is 16.5 Å². The monoisotopic (exact) mass is 413 g/mol. The van der Waals surface area contributed by atoms with Gasteiger partial charge in [0.05, 0.1) is 22.5 Å². The van der Waals surface area contributed by atoms with Crippen LogP contribution in [0.25, 0.3) is 10.9 Å². The van der Waals surface area contributed by atoms with Gasteiger partial charge in [-0.25, -0.2) is 0 Å². The lowest BCUT2D eigenvalue weighted by Crippen LogP contribution is -2.48. The quantitative estimate of drug-likeness (QED) is 0.645. The lowest BCUT2D eigenvalue weighted by molar-refractivity contribution is 0.0227. The molecule has 0 unspecified atom stereocenters. The highest BCUT2D eigenvalue weighted by atomic mass is 79.9. The van der Waals surface area contributed by atoms with E-state index in [1.165, 1.54) is 0 Å². The zero-order valence-electron chi connectivity index (χ0n) is 14.6. The number of pyridine rings is 1. The van der Waals surface area contributed by atoms with Crippen LogP contribution < -0.4 is 10.3 Å². The van der Waals surface area contributed by atoms with Crippen molar-refractivity contribution in [1.82, 2.24) is 4.57 Å². The maximum absolute atomic E-state index is 13.3. The molecular formula is C21H20BrNO3. The minimum Gasteiger partial charge on any atom is -0.485 e. The van der Waals surface area contributed by atoms with Crippen molar-refractivity contribution < 1.29 is 9.84 Å². The third-order valence-electron chi connectivity index (χ3n) is 4.95. The minimum atomic E-state index is -0.937. The van der Waals surface area contributed by atoms with E-state index in [1.54, 1.807) is 4.57 Å². The normalized spacial score (nSPS) is 21.2. The Hall–Kier alpha value is -2.11. The molecule has 134 valence electrons. The van der Waals surface area contributed by atoms with Crippen LogP contribution in [0.1, 0.15) is 31.1 Å². The van der Waals surface area contributed by atoms with Crippen molar-refractivity contribution in [2.24, 2.45) is 0 Å². The number of hydrogen-bond donors (Lipinski definition) is 1. The van der Waals surface area contributed by atoms with Crippen LogP contribution in [0.3, 0.4) is 0 Å². The first kappa shape index (κ1) is 17.3. The van der Waals surface area contributed by atoms with E-state index < -0.39 is 11.7 Å². The molecule has 3 aromatic rings. The average molecular weight is 414 g/mol. The van der Waals surface area contributed by atoms with Gasteiger partial charge in [-0.1, -0.05) is 58.4 Å². The highest BCUT2D eigenvalue weighted by molar-refractivity contribution is 9.09. The van der Waals surface area contributed by atoms with Gasteiger partial charge in [-0.15, -0.1) is 0 Å². The molecule has 1 aliphatic rings. The zero-order chi connectivity index (χ0) is 18.5. The van der Waals surface area contributed by atoms with Crippen molar-refractivity contribution in [1.29, 1.82) is 0 Å². The second-order valence-corrected chi connectivity index (χ2v) is 8.18. The average Bonchev–Trinajstić information content (AvgIpc) is 2.64. The number of para-hydroxylation sites is 1. The molecule has 2 atom stereocenters. The van der Waals surface area contributed by atoms with Crippen molar-refractivity contribution in [3.05, 3.63) is 76.1 Å². The Balaban J connectivity index is 2.01. The second-order valence-electron chi connectivity index (χ2n) is 7.19. The lowest BCUT2D eigenvalue weighted by atomic mass is 9.91. The first-order valence-electron chi connectivity index (χ1n) is 8.60. The van der Waals surface area contributed by atoms with Gasteiger partial charge in [-0.05, 0) is 31.5 Å². The van der Waals surface area contributed by atoms with E-state index in [4.69, 9.17) is 4.74 Å². The Bertz CT molecular complexity index is 1030. The van der Waals surface area contributed by atoms with E-state index in [0.29, 0.717) is 17.9 Å². The van der Waals surface area contributed by atoms with Crippen molar-refractivity contribution in [2.45, 2.75) is 36.9 Å². The van der Waals surface area contributed by atoms with Crippen LogP contribution in [0.4, 0.5) is 0 Å². The number of nitrogens with zero attached hydrogens (tertiary/aromatic N) is 1. The number of ether oxygens (including phenoxy) is 1. The summed E-state index contributed by atoms with van der Waals surface area (Å²) < 4.78 is 7.90. The molecule has 0 aliphatic carbocycles. The van der Waals surface area contributed by atoms with Gasteiger partial charge in [-0.2, -0.15) is 0 Å². The molecular weight excluding hydrogens is 394 g/mol. The van der Waals surface area contributed by atoms with Gasteiger partial charge in [0.2, 0.25) is 0 Å². The number of aromatic nitrogens is 1. The first-order valence-corrected chi connectivity index (χ1v) is 9.52. The van der Waals surface area contributed by atoms with Crippen molar-refractivity contribution in [3.8, 4) is 5.75 Å². The van der Waals surface area contributed by atoms with Gasteiger partial charge in [-0.3, -0.25) is 4.79 Å². The van der Waals surface area contributed by atoms with Gasteiger partial charge in [0.1, 0.15) is 17.5 Å². The predicted octanol–water partition coefficient (Wildman–Crippen LogP) is 4.02. The largest absolute Gasteiger partial charge is 0.485 e. The number of aliphatic hydroxyl groups excluding tert-OH is 1. The smallest absolute Gasteiger partial charge is 0.260 e. The third kappa shape index (κ3) is 2.66. The maximum Gasteiger partial charge on any atom is 0.260 e. The predicted molar refractivity (Wildman–Crippen MR) is 106 cm³/mol. The fourth-order valence-electron chi connectivity index (χ4n) is 3.54. The Morgan fingerprint density at radius 1 is 1.12 bits per heavy atom. The fourth-order valence-corrected chi connectivity index (χ4v) is 3.90. The molecule has 0 saturated heterocycles. The maximum atomic E-state index is 13.3. The molecule has 0 saturated carbocycles. The molecule has 26 heavy (non-hydrogen) atoms. The molecule has 0 fully saturated rings. The third-order valence-corrected chi connectivity index (χ3v) is 6.55. The van der Waals surface area contributed by atoms with E-state index in [2.05, 4.69) is 15.9 Å². The Kier molecular flexibility index (Phi) is 4.16. The summed E-state index contributed by atoms with van der Waals surface area (Å²) in [7, 11) is 0. The standard InChI is InChI=1S/C21H20BrNO3/c1-21(2)19(22)17(24)16-18(26-21)14-10-6-7-11-15(14)23(20(16)25)12-13-8-4-3-5-9-13/h3-11,17,19,24H,12H2,1-2H3/t17-,19+/m1/s1. The van der Waals surface area contributed by atoms with Gasteiger partial charge in [0.15, 0.2) is 0 Å². The number of alkyl halides is 1. The molecule has 0 radical (unpaired) electrons. The SMILES string of the molecule is CC1(C)Oc2c(c(=O)n(Cc3ccccc3)c3ccccc23)[C@@H](O)[C@@H]1Br. The summed E-state index contributed by atoms with van der Waals surface area (Å²) >= 11 is 3.51. The van der Waals surface area contributed by atoms with Crippen LogP contribution in [-0.4, -0.2) is 20.1 Å². The fraction of sp³-hybridized carbons (Fsp3) is 0.286. The topological polar surface area (TPSA) is 51.5 Å². The van der Waals surface area contributed by atoms with E-state index in [-0.39, 0.29) is 10.4 Å². The molecule has 2 aromatic carbocycles. The highest BCUT2D eigenvalue weighted by Gasteiger charge is 2.44. The van der Waals surface area contributed by atoms with Gasteiger partial charge >= 0.3 is 0 Å². The summed E-state index contributed by atoms with van der Waals surface area (Å²) in [6.45, 7) is 4.25. The molecule has 5 heteroatoms. The van der Waals surface area contributed by atoms with Crippen LogP contribution in [0, 0.1) is 0 Å².